The van der Waals surface area contributed by atoms with Gasteiger partial charge in [0.2, 0.25) is 0 Å². The fourth-order valence-electron chi connectivity index (χ4n) is 2.23. The van der Waals surface area contributed by atoms with Crippen LogP contribution >= 0.6 is 0 Å². The van der Waals surface area contributed by atoms with Crippen LogP contribution < -0.4 is 10.5 Å². The van der Waals surface area contributed by atoms with E-state index in [1.165, 1.54) is 0 Å². The molecule has 2 heterocycles. The van der Waals surface area contributed by atoms with E-state index < -0.39 is 0 Å². The van der Waals surface area contributed by atoms with Gasteiger partial charge in [-0.25, -0.2) is 9.97 Å². The lowest BCUT2D eigenvalue weighted by Crippen LogP contribution is -2.36. The molecule has 1 aromatic rings. The second-order valence-electron chi connectivity index (χ2n) is 5.52. The van der Waals surface area contributed by atoms with Gasteiger partial charge in [0.25, 0.3) is 0 Å². The van der Waals surface area contributed by atoms with E-state index in [2.05, 4.69) is 35.8 Å². The zero-order chi connectivity index (χ0) is 13.8. The first kappa shape index (κ1) is 14.2. The molecule has 0 unspecified atom stereocenters. The van der Waals surface area contributed by atoms with Gasteiger partial charge < -0.3 is 15.4 Å². The molecule has 0 spiro atoms. The highest BCUT2D eigenvalue weighted by Crippen LogP contribution is 2.22. The summed E-state index contributed by atoms with van der Waals surface area (Å²) in [5, 5.41) is 0. The van der Waals surface area contributed by atoms with Crippen LogP contribution in [0.5, 0.6) is 5.75 Å². The number of hydrogen-bond donors (Lipinski definition) is 1. The van der Waals surface area contributed by atoms with Crippen molar-refractivity contribution in [2.75, 3.05) is 20.1 Å². The molecular formula is C14H24N4O. The van der Waals surface area contributed by atoms with Gasteiger partial charge in [0, 0.05) is 25.6 Å². The number of nitrogens with two attached hydrogens (primary N) is 1. The first-order chi connectivity index (χ1) is 9.10. The minimum atomic E-state index is 0.259. The summed E-state index contributed by atoms with van der Waals surface area (Å²) in [6, 6.07) is 0. The molecule has 106 valence electrons. The van der Waals surface area contributed by atoms with Crippen LogP contribution in [0.1, 0.15) is 44.1 Å². The standard InChI is InChI=1S/C14H24N4O/c1-10(2)14-16-9-13(12(8-15)17-14)19-11-4-6-18(3)7-5-11/h9-11H,4-8,15H2,1-3H3. The van der Waals surface area contributed by atoms with Gasteiger partial charge in [0.15, 0.2) is 5.75 Å². The third-order valence-corrected chi connectivity index (χ3v) is 3.52. The van der Waals surface area contributed by atoms with Crippen molar-refractivity contribution >= 4 is 0 Å². The molecule has 2 N–H and O–H groups in total. The zero-order valence-electron chi connectivity index (χ0n) is 12.1. The fraction of sp³-hybridized carbons (Fsp3) is 0.714. The normalized spacial score (nSPS) is 17.9. The van der Waals surface area contributed by atoms with E-state index in [4.69, 9.17) is 10.5 Å². The monoisotopic (exact) mass is 264 g/mol. The highest BCUT2D eigenvalue weighted by Gasteiger charge is 2.20. The molecule has 19 heavy (non-hydrogen) atoms. The Kier molecular flexibility index (Phi) is 4.71. The number of aromatic nitrogens is 2. The number of hydrogen-bond acceptors (Lipinski definition) is 5. The summed E-state index contributed by atoms with van der Waals surface area (Å²) < 4.78 is 6.03. The molecule has 5 nitrogen and oxygen atoms in total. The molecule has 0 amide bonds. The minimum Gasteiger partial charge on any atom is -0.487 e. The molecule has 1 aliphatic heterocycles. The number of nitrogens with zero attached hydrogens (tertiary/aromatic N) is 3. The molecular weight excluding hydrogens is 240 g/mol. The summed E-state index contributed by atoms with van der Waals surface area (Å²) in [5.74, 6) is 1.89. The van der Waals surface area contributed by atoms with Crippen LogP contribution in [0.2, 0.25) is 0 Å². The van der Waals surface area contributed by atoms with Gasteiger partial charge in [-0.1, -0.05) is 13.8 Å². The van der Waals surface area contributed by atoms with Crippen LogP contribution in [0.15, 0.2) is 6.20 Å². The van der Waals surface area contributed by atoms with Gasteiger partial charge in [-0.15, -0.1) is 0 Å². The van der Waals surface area contributed by atoms with E-state index in [-0.39, 0.29) is 6.10 Å². The first-order valence-electron chi connectivity index (χ1n) is 7.01. The molecule has 0 aliphatic carbocycles. The lowest BCUT2D eigenvalue weighted by Gasteiger charge is -2.29. The molecule has 0 saturated carbocycles. The maximum atomic E-state index is 6.03. The summed E-state index contributed by atoms with van der Waals surface area (Å²) in [7, 11) is 2.14. The van der Waals surface area contributed by atoms with Gasteiger partial charge in [0.05, 0.1) is 11.9 Å². The van der Waals surface area contributed by atoms with E-state index in [0.29, 0.717) is 12.5 Å². The number of piperidine rings is 1. The van der Waals surface area contributed by atoms with Crippen LogP contribution in [0.25, 0.3) is 0 Å². The highest BCUT2D eigenvalue weighted by molar-refractivity contribution is 5.25. The SMILES string of the molecule is CC(C)c1ncc(OC2CCN(C)CC2)c(CN)n1. The molecule has 5 heteroatoms. The Labute approximate surface area is 115 Å². The first-order valence-corrected chi connectivity index (χ1v) is 7.01. The predicted molar refractivity (Wildman–Crippen MR) is 75.2 cm³/mol. The van der Waals surface area contributed by atoms with E-state index in [9.17, 15) is 0 Å². The Bertz CT molecular complexity index is 414. The van der Waals surface area contributed by atoms with Crippen LogP contribution in [-0.2, 0) is 6.54 Å². The summed E-state index contributed by atoms with van der Waals surface area (Å²) in [6.07, 6.45) is 4.14. The van der Waals surface area contributed by atoms with Gasteiger partial charge in [-0.2, -0.15) is 0 Å². The predicted octanol–water partition coefficient (Wildman–Crippen LogP) is 1.53. The Morgan fingerprint density at radius 3 is 2.68 bits per heavy atom. The molecule has 0 bridgehead atoms. The quantitative estimate of drug-likeness (QED) is 0.893. The van der Waals surface area contributed by atoms with Gasteiger partial charge in [-0.05, 0) is 19.9 Å². The number of likely N-dealkylation sites (tertiary alicyclic amines) is 1. The Morgan fingerprint density at radius 2 is 2.11 bits per heavy atom. The molecule has 0 atom stereocenters. The maximum absolute atomic E-state index is 6.03. The molecule has 1 fully saturated rings. The lowest BCUT2D eigenvalue weighted by molar-refractivity contribution is 0.112. The van der Waals surface area contributed by atoms with Gasteiger partial charge >= 0.3 is 0 Å². The number of rotatable bonds is 4. The summed E-state index contributed by atoms with van der Waals surface area (Å²) in [5.41, 5.74) is 6.59. The largest absolute Gasteiger partial charge is 0.487 e. The van der Waals surface area contributed by atoms with E-state index in [1.807, 2.05) is 0 Å². The highest BCUT2D eigenvalue weighted by atomic mass is 16.5. The smallest absolute Gasteiger partial charge is 0.160 e. The molecule has 1 aliphatic rings. The Hall–Kier alpha value is -1.20. The van der Waals surface area contributed by atoms with Crippen molar-refractivity contribution in [2.45, 2.75) is 45.3 Å². The van der Waals surface area contributed by atoms with Crippen molar-refractivity contribution in [1.82, 2.24) is 14.9 Å². The third-order valence-electron chi connectivity index (χ3n) is 3.52. The summed E-state index contributed by atoms with van der Waals surface area (Å²) >= 11 is 0. The molecule has 1 aromatic heterocycles. The Balaban J connectivity index is 2.07. The van der Waals surface area contributed by atoms with E-state index in [0.717, 1.165) is 43.2 Å². The van der Waals surface area contributed by atoms with Crippen molar-refractivity contribution in [3.05, 3.63) is 17.7 Å². The van der Waals surface area contributed by atoms with Crippen molar-refractivity contribution in [1.29, 1.82) is 0 Å². The topological polar surface area (TPSA) is 64.3 Å². The molecule has 2 rings (SSSR count). The molecule has 0 radical (unpaired) electrons. The average Bonchev–Trinajstić information content (AvgIpc) is 2.41. The maximum Gasteiger partial charge on any atom is 0.160 e. The Morgan fingerprint density at radius 1 is 1.42 bits per heavy atom. The van der Waals surface area contributed by atoms with Crippen molar-refractivity contribution in [3.63, 3.8) is 0 Å². The lowest BCUT2D eigenvalue weighted by atomic mass is 10.1. The van der Waals surface area contributed by atoms with E-state index in [1.54, 1.807) is 6.20 Å². The average molecular weight is 264 g/mol. The van der Waals surface area contributed by atoms with E-state index >= 15 is 0 Å². The summed E-state index contributed by atoms with van der Waals surface area (Å²) in [6.45, 7) is 6.70. The third kappa shape index (κ3) is 3.64. The minimum absolute atomic E-state index is 0.259. The van der Waals surface area contributed by atoms with Gasteiger partial charge in [-0.3, -0.25) is 0 Å². The van der Waals surface area contributed by atoms with Crippen molar-refractivity contribution < 1.29 is 4.74 Å². The zero-order valence-corrected chi connectivity index (χ0v) is 12.1. The summed E-state index contributed by atoms with van der Waals surface area (Å²) in [4.78, 5) is 11.2. The second-order valence-corrected chi connectivity index (χ2v) is 5.52. The van der Waals surface area contributed by atoms with Crippen molar-refractivity contribution in [2.24, 2.45) is 5.73 Å². The molecule has 1 saturated heterocycles. The van der Waals surface area contributed by atoms with Crippen molar-refractivity contribution in [3.8, 4) is 5.75 Å². The fourth-order valence-corrected chi connectivity index (χ4v) is 2.23. The number of ether oxygens (including phenoxy) is 1. The van der Waals surface area contributed by atoms with Crippen LogP contribution in [0.4, 0.5) is 0 Å². The molecule has 0 aromatic carbocycles. The van der Waals surface area contributed by atoms with Gasteiger partial charge in [0.1, 0.15) is 11.9 Å². The second kappa shape index (κ2) is 6.30. The van der Waals surface area contributed by atoms with Crippen LogP contribution in [0, 0.1) is 0 Å². The van der Waals surface area contributed by atoms with Crippen LogP contribution in [0.3, 0.4) is 0 Å². The van der Waals surface area contributed by atoms with Crippen LogP contribution in [-0.4, -0.2) is 41.1 Å².